The van der Waals surface area contributed by atoms with Crippen LogP contribution in [-0.2, 0) is 19.1 Å². The van der Waals surface area contributed by atoms with Crippen molar-refractivity contribution in [3.63, 3.8) is 0 Å². The number of nitrogens with one attached hydrogen (secondary N) is 3. The number of hydrogen-bond acceptors (Lipinski definition) is 8. The zero-order valence-corrected chi connectivity index (χ0v) is 24.0. The number of esters is 1. The maximum absolute atomic E-state index is 12.3. The van der Waals surface area contributed by atoms with Gasteiger partial charge in [0.15, 0.2) is 18.1 Å². The average Bonchev–Trinajstić information content (AvgIpc) is 2.97. The molecule has 0 radical (unpaired) electrons. The number of rotatable bonds is 13. The average molecular weight is 575 g/mol. The highest BCUT2D eigenvalue weighted by atomic mass is 16.5. The smallest absolute Gasteiger partial charge is 0.338 e. The number of aryl methyl sites for hydroxylation is 2. The molecule has 3 rings (SSSR count). The van der Waals surface area contributed by atoms with Gasteiger partial charge in [-0.05, 0) is 86.0 Å². The lowest BCUT2D eigenvalue weighted by atomic mass is 10.1. The largest absolute Gasteiger partial charge is 0.493 e. The quantitative estimate of drug-likeness (QED) is 0.156. The number of methoxy groups -OCH3 is 1. The summed E-state index contributed by atoms with van der Waals surface area (Å²) in [5.41, 5.74) is 6.59. The molecule has 0 aliphatic carbocycles. The number of ether oxygens (including phenoxy) is 3. The molecule has 0 spiro atoms. The topological polar surface area (TPSA) is 144 Å². The molecule has 220 valence electrons. The zero-order chi connectivity index (χ0) is 30.5. The number of hydrazone groups is 1. The fraction of sp³-hybridized carbons (Fsp3) is 0.258. The summed E-state index contributed by atoms with van der Waals surface area (Å²) in [4.78, 5) is 48.4. The second-order valence-electron chi connectivity index (χ2n) is 9.20. The fourth-order valence-corrected chi connectivity index (χ4v) is 3.67. The monoisotopic (exact) mass is 574 g/mol. The number of carbonyl (C=O) groups excluding carboxylic acids is 4. The third-order valence-corrected chi connectivity index (χ3v) is 5.88. The normalized spacial score (nSPS) is 10.6. The number of benzene rings is 3. The first kappa shape index (κ1) is 31.3. The van der Waals surface area contributed by atoms with E-state index in [1.165, 1.54) is 13.3 Å². The van der Waals surface area contributed by atoms with Gasteiger partial charge in [-0.15, -0.1) is 0 Å². The minimum atomic E-state index is -0.435. The summed E-state index contributed by atoms with van der Waals surface area (Å²) in [5, 5.41) is 9.45. The molecular formula is C31H34N4O7. The van der Waals surface area contributed by atoms with Crippen LogP contribution in [0.5, 0.6) is 11.5 Å². The predicted molar refractivity (Wildman–Crippen MR) is 159 cm³/mol. The Morgan fingerprint density at radius 1 is 0.833 bits per heavy atom. The van der Waals surface area contributed by atoms with E-state index in [0.717, 1.165) is 16.8 Å². The van der Waals surface area contributed by atoms with Crippen LogP contribution in [0, 0.1) is 13.8 Å². The van der Waals surface area contributed by atoms with Crippen molar-refractivity contribution in [2.45, 2.75) is 33.6 Å². The standard InChI is InChI=1S/C31H34N4O7/c1-5-41-31(39)23-9-11-24(12-10-23)33-30(38)19-42-26-13-8-22(17-27(26)40-4)18-32-35-29(37)15-14-28(36)34-25-16-20(2)6-7-21(25)3/h6-13,16-18H,5,14-15,19H2,1-4H3,(H,33,38)(H,34,36)(H,35,37). The molecule has 0 aliphatic heterocycles. The SMILES string of the molecule is CCOC(=O)c1ccc(NC(=O)COc2ccc(C=NNC(=O)CCC(=O)Nc3cc(C)ccc3C)cc2OC)cc1. The van der Waals surface area contributed by atoms with Crippen molar-refractivity contribution in [3.8, 4) is 11.5 Å². The minimum absolute atomic E-state index is 0.0150. The van der Waals surface area contributed by atoms with E-state index in [4.69, 9.17) is 14.2 Å². The van der Waals surface area contributed by atoms with Crippen molar-refractivity contribution in [2.24, 2.45) is 5.10 Å². The summed E-state index contributed by atoms with van der Waals surface area (Å²) >= 11 is 0. The van der Waals surface area contributed by atoms with Crippen LogP contribution < -0.4 is 25.5 Å². The summed E-state index contributed by atoms with van der Waals surface area (Å²) < 4.78 is 15.9. The number of amides is 3. The summed E-state index contributed by atoms with van der Waals surface area (Å²) in [6, 6.07) is 17.0. The molecule has 0 atom stereocenters. The van der Waals surface area contributed by atoms with E-state index in [-0.39, 0.29) is 32.0 Å². The van der Waals surface area contributed by atoms with Crippen molar-refractivity contribution in [3.05, 3.63) is 82.9 Å². The highest BCUT2D eigenvalue weighted by Crippen LogP contribution is 2.27. The minimum Gasteiger partial charge on any atom is -0.493 e. The fourth-order valence-electron chi connectivity index (χ4n) is 3.67. The third kappa shape index (κ3) is 9.77. The highest BCUT2D eigenvalue weighted by Gasteiger charge is 2.11. The summed E-state index contributed by atoms with van der Waals surface area (Å²) in [5.74, 6) is -0.812. The molecule has 0 unspecified atom stereocenters. The van der Waals surface area contributed by atoms with Crippen LogP contribution in [0.1, 0.15) is 46.8 Å². The maximum atomic E-state index is 12.3. The highest BCUT2D eigenvalue weighted by molar-refractivity contribution is 5.95. The molecule has 0 aromatic heterocycles. The van der Waals surface area contributed by atoms with Crippen molar-refractivity contribution >= 4 is 41.3 Å². The van der Waals surface area contributed by atoms with Crippen LogP contribution in [0.4, 0.5) is 11.4 Å². The van der Waals surface area contributed by atoms with Crippen molar-refractivity contribution in [1.29, 1.82) is 0 Å². The summed E-state index contributed by atoms with van der Waals surface area (Å²) in [6.07, 6.45) is 1.41. The van der Waals surface area contributed by atoms with Gasteiger partial charge in [0.05, 0.1) is 25.5 Å². The summed E-state index contributed by atoms with van der Waals surface area (Å²) in [6.45, 7) is 5.56. The third-order valence-electron chi connectivity index (χ3n) is 5.88. The molecule has 0 aliphatic rings. The number of anilines is 2. The Labute approximate surface area is 244 Å². The van der Waals surface area contributed by atoms with Gasteiger partial charge in [0, 0.05) is 24.2 Å². The molecule has 11 nitrogen and oxygen atoms in total. The Balaban J connectivity index is 1.44. The van der Waals surface area contributed by atoms with Gasteiger partial charge in [-0.1, -0.05) is 12.1 Å². The van der Waals surface area contributed by atoms with Gasteiger partial charge < -0.3 is 24.8 Å². The van der Waals surface area contributed by atoms with Crippen LogP contribution in [-0.4, -0.2) is 50.2 Å². The van der Waals surface area contributed by atoms with Crippen LogP contribution in [0.3, 0.4) is 0 Å². The number of nitrogens with zero attached hydrogens (tertiary/aromatic N) is 1. The molecule has 0 saturated heterocycles. The van der Waals surface area contributed by atoms with Crippen molar-refractivity contribution in [1.82, 2.24) is 5.43 Å². The van der Waals surface area contributed by atoms with Crippen LogP contribution in [0.15, 0.2) is 65.8 Å². The Morgan fingerprint density at radius 2 is 1.57 bits per heavy atom. The maximum Gasteiger partial charge on any atom is 0.338 e. The zero-order valence-electron chi connectivity index (χ0n) is 24.0. The molecule has 3 N–H and O–H groups in total. The molecule has 42 heavy (non-hydrogen) atoms. The van der Waals surface area contributed by atoms with E-state index in [9.17, 15) is 19.2 Å². The Morgan fingerprint density at radius 3 is 2.29 bits per heavy atom. The van der Waals surface area contributed by atoms with E-state index in [2.05, 4.69) is 21.2 Å². The van der Waals surface area contributed by atoms with Crippen LogP contribution in [0.2, 0.25) is 0 Å². The molecule has 0 fully saturated rings. The van der Waals surface area contributed by atoms with Gasteiger partial charge in [0.2, 0.25) is 11.8 Å². The molecule has 3 amide bonds. The molecule has 0 saturated carbocycles. The van der Waals surface area contributed by atoms with E-state index in [1.54, 1.807) is 49.4 Å². The van der Waals surface area contributed by atoms with Crippen molar-refractivity contribution in [2.75, 3.05) is 31.0 Å². The van der Waals surface area contributed by atoms with Gasteiger partial charge in [-0.25, -0.2) is 10.2 Å². The van der Waals surface area contributed by atoms with Gasteiger partial charge in [-0.3, -0.25) is 14.4 Å². The van der Waals surface area contributed by atoms with Crippen LogP contribution in [0.25, 0.3) is 0 Å². The summed E-state index contributed by atoms with van der Waals surface area (Å²) in [7, 11) is 1.46. The van der Waals surface area contributed by atoms with Gasteiger partial charge >= 0.3 is 5.97 Å². The first-order chi connectivity index (χ1) is 20.2. The predicted octanol–water partition coefficient (Wildman–Crippen LogP) is 4.38. The van der Waals surface area contributed by atoms with Gasteiger partial charge in [-0.2, -0.15) is 5.10 Å². The lowest BCUT2D eigenvalue weighted by Crippen LogP contribution is -2.21. The first-order valence-corrected chi connectivity index (χ1v) is 13.3. The number of carbonyl (C=O) groups is 4. The van der Waals surface area contributed by atoms with E-state index < -0.39 is 17.8 Å². The van der Waals surface area contributed by atoms with E-state index >= 15 is 0 Å². The molecule has 3 aromatic rings. The molecule has 0 bridgehead atoms. The van der Waals surface area contributed by atoms with Crippen LogP contribution >= 0.6 is 0 Å². The molecule has 11 heteroatoms. The first-order valence-electron chi connectivity index (χ1n) is 13.3. The Kier molecular flexibility index (Phi) is 11.6. The molecule has 3 aromatic carbocycles. The van der Waals surface area contributed by atoms with E-state index in [0.29, 0.717) is 28.3 Å². The lowest BCUT2D eigenvalue weighted by molar-refractivity contribution is -0.124. The van der Waals surface area contributed by atoms with Gasteiger partial charge in [0.1, 0.15) is 0 Å². The lowest BCUT2D eigenvalue weighted by Gasteiger charge is -2.11. The molecular weight excluding hydrogens is 540 g/mol. The Bertz CT molecular complexity index is 1450. The van der Waals surface area contributed by atoms with E-state index in [1.807, 2.05) is 32.0 Å². The van der Waals surface area contributed by atoms with Crippen molar-refractivity contribution < 1.29 is 33.4 Å². The molecule has 0 heterocycles. The number of hydrogen-bond donors (Lipinski definition) is 3. The Hall–Kier alpha value is -5.19. The second kappa shape index (κ2) is 15.6. The second-order valence-corrected chi connectivity index (χ2v) is 9.20. The van der Waals surface area contributed by atoms with Gasteiger partial charge in [0.25, 0.3) is 5.91 Å².